The Bertz CT molecular complexity index is 796. The Hall–Kier alpha value is -1.73. The largest absolute Gasteiger partial charge is 0.303 e. The van der Waals surface area contributed by atoms with Gasteiger partial charge in [-0.15, -0.1) is 0 Å². The van der Waals surface area contributed by atoms with E-state index in [0.29, 0.717) is 24.0 Å². The van der Waals surface area contributed by atoms with Crippen LogP contribution in [0.2, 0.25) is 0 Å². The third-order valence-electron chi connectivity index (χ3n) is 4.79. The Kier molecular flexibility index (Phi) is 6.09. The van der Waals surface area contributed by atoms with Crippen molar-refractivity contribution < 1.29 is 8.42 Å². The van der Waals surface area contributed by atoms with Crippen LogP contribution in [0.25, 0.3) is 0 Å². The van der Waals surface area contributed by atoms with Gasteiger partial charge in [-0.05, 0) is 31.7 Å². The molecule has 1 saturated heterocycles. The van der Waals surface area contributed by atoms with Crippen molar-refractivity contribution in [2.24, 2.45) is 0 Å². The molecule has 26 heavy (non-hydrogen) atoms. The number of sulfonamides is 1. The van der Waals surface area contributed by atoms with Crippen molar-refractivity contribution >= 4 is 10.0 Å². The zero-order valence-electron chi connectivity index (χ0n) is 15.4. The van der Waals surface area contributed by atoms with Crippen LogP contribution in [-0.4, -0.2) is 57.0 Å². The molecule has 5 nitrogen and oxygen atoms in total. The number of hydrogen-bond acceptors (Lipinski definition) is 4. The van der Waals surface area contributed by atoms with Crippen molar-refractivity contribution in [3.8, 4) is 0 Å². The molecule has 2 unspecified atom stereocenters. The monoisotopic (exact) mass is 373 g/mol. The molecule has 0 aromatic heterocycles. The van der Waals surface area contributed by atoms with Crippen LogP contribution in [0.4, 0.5) is 0 Å². The van der Waals surface area contributed by atoms with E-state index in [1.807, 2.05) is 31.3 Å². The van der Waals surface area contributed by atoms with Crippen LogP contribution in [0.5, 0.6) is 0 Å². The Labute approximate surface area is 156 Å². The first kappa shape index (κ1) is 19.0. The highest BCUT2D eigenvalue weighted by molar-refractivity contribution is 7.89. The molecule has 0 radical (unpaired) electrons. The number of rotatable bonds is 5. The van der Waals surface area contributed by atoms with Crippen LogP contribution in [-0.2, 0) is 16.6 Å². The lowest BCUT2D eigenvalue weighted by Crippen LogP contribution is -2.46. The lowest BCUT2D eigenvalue weighted by atomic mass is 10.1. The quantitative estimate of drug-likeness (QED) is 0.873. The van der Waals surface area contributed by atoms with Gasteiger partial charge in [0.05, 0.1) is 4.90 Å². The zero-order chi connectivity index (χ0) is 18.6. The molecule has 2 aromatic carbocycles. The van der Waals surface area contributed by atoms with Crippen molar-refractivity contribution in [2.45, 2.75) is 30.4 Å². The van der Waals surface area contributed by atoms with E-state index in [2.05, 4.69) is 33.6 Å². The Morgan fingerprint density at radius 3 is 2.23 bits per heavy atom. The molecule has 1 heterocycles. The average molecular weight is 374 g/mol. The third kappa shape index (κ3) is 4.92. The van der Waals surface area contributed by atoms with Crippen LogP contribution in [0.15, 0.2) is 65.6 Å². The van der Waals surface area contributed by atoms with E-state index >= 15 is 0 Å². The first-order valence-corrected chi connectivity index (χ1v) is 10.5. The lowest BCUT2D eigenvalue weighted by Gasteiger charge is -2.29. The summed E-state index contributed by atoms with van der Waals surface area (Å²) in [5.74, 6) is 0. The van der Waals surface area contributed by atoms with Gasteiger partial charge in [0.25, 0.3) is 0 Å². The van der Waals surface area contributed by atoms with E-state index in [4.69, 9.17) is 0 Å². The second-order valence-electron chi connectivity index (χ2n) is 7.12. The van der Waals surface area contributed by atoms with E-state index in [9.17, 15) is 8.42 Å². The highest BCUT2D eigenvalue weighted by Gasteiger charge is 2.29. The third-order valence-corrected chi connectivity index (χ3v) is 6.33. The normalized spacial score (nSPS) is 22.8. The molecule has 0 spiro atoms. The first-order chi connectivity index (χ1) is 12.4. The standard InChI is InChI=1S/C20H27N3O2S/c1-17-13-22(2)15-19(16-23(17)14-18-9-5-3-6-10-18)21-26(24,25)20-11-7-4-8-12-20/h3-12,17,19,21H,13-16H2,1-2H3. The van der Waals surface area contributed by atoms with Crippen LogP contribution < -0.4 is 4.72 Å². The number of nitrogens with zero attached hydrogens (tertiary/aromatic N) is 2. The molecular formula is C20H27N3O2S. The first-order valence-electron chi connectivity index (χ1n) is 8.98. The minimum atomic E-state index is -3.52. The van der Waals surface area contributed by atoms with Gasteiger partial charge in [0, 0.05) is 38.3 Å². The number of nitrogens with one attached hydrogen (secondary N) is 1. The Morgan fingerprint density at radius 1 is 0.962 bits per heavy atom. The predicted octanol–water partition coefficient (Wildman–Crippen LogP) is 2.17. The summed E-state index contributed by atoms with van der Waals surface area (Å²) in [5, 5.41) is 0. The molecule has 6 heteroatoms. The van der Waals surface area contributed by atoms with Crippen molar-refractivity contribution in [1.29, 1.82) is 0 Å². The molecule has 0 bridgehead atoms. The molecular weight excluding hydrogens is 346 g/mol. The summed E-state index contributed by atoms with van der Waals surface area (Å²) in [5.41, 5.74) is 1.24. The molecule has 2 aromatic rings. The summed E-state index contributed by atoms with van der Waals surface area (Å²) >= 11 is 0. The summed E-state index contributed by atoms with van der Waals surface area (Å²) in [7, 11) is -1.47. The molecule has 1 N–H and O–H groups in total. The van der Waals surface area contributed by atoms with Crippen molar-refractivity contribution in [1.82, 2.24) is 14.5 Å². The summed E-state index contributed by atoms with van der Waals surface area (Å²) in [6.45, 7) is 5.32. The maximum Gasteiger partial charge on any atom is 0.240 e. The van der Waals surface area contributed by atoms with E-state index in [1.165, 1.54) is 5.56 Å². The van der Waals surface area contributed by atoms with Crippen LogP contribution in [0, 0.1) is 0 Å². The smallest absolute Gasteiger partial charge is 0.240 e. The molecule has 0 aliphatic carbocycles. The maximum atomic E-state index is 12.7. The van der Waals surface area contributed by atoms with E-state index < -0.39 is 10.0 Å². The van der Waals surface area contributed by atoms with Crippen LogP contribution in [0.1, 0.15) is 12.5 Å². The number of benzene rings is 2. The summed E-state index contributed by atoms with van der Waals surface area (Å²) in [4.78, 5) is 4.87. The van der Waals surface area contributed by atoms with Crippen LogP contribution >= 0.6 is 0 Å². The molecule has 0 amide bonds. The second-order valence-corrected chi connectivity index (χ2v) is 8.83. The fourth-order valence-corrected chi connectivity index (χ4v) is 4.78. The number of likely N-dealkylation sites (N-methyl/N-ethyl adjacent to an activating group) is 1. The lowest BCUT2D eigenvalue weighted by molar-refractivity contribution is 0.191. The summed E-state index contributed by atoms with van der Waals surface area (Å²) < 4.78 is 28.3. The summed E-state index contributed by atoms with van der Waals surface area (Å²) in [6.07, 6.45) is 0. The minimum absolute atomic E-state index is 0.154. The Balaban J connectivity index is 1.76. The van der Waals surface area contributed by atoms with Crippen molar-refractivity contribution in [2.75, 3.05) is 26.7 Å². The predicted molar refractivity (Wildman–Crippen MR) is 104 cm³/mol. The maximum absolute atomic E-state index is 12.7. The molecule has 0 saturated carbocycles. The molecule has 140 valence electrons. The van der Waals surface area contributed by atoms with Gasteiger partial charge in [0.2, 0.25) is 10.0 Å². The van der Waals surface area contributed by atoms with Gasteiger partial charge in [0.1, 0.15) is 0 Å². The van der Waals surface area contributed by atoms with Crippen LogP contribution in [0.3, 0.4) is 0 Å². The average Bonchev–Trinajstić information content (AvgIpc) is 2.74. The van der Waals surface area contributed by atoms with E-state index in [-0.39, 0.29) is 6.04 Å². The van der Waals surface area contributed by atoms with Gasteiger partial charge < -0.3 is 4.90 Å². The molecule has 2 atom stereocenters. The summed E-state index contributed by atoms with van der Waals surface area (Å²) in [6, 6.07) is 19.1. The fourth-order valence-electron chi connectivity index (χ4n) is 3.54. The number of hydrogen-bond donors (Lipinski definition) is 1. The second kappa shape index (κ2) is 8.31. The SMILES string of the molecule is CC1CN(C)CC(NS(=O)(=O)c2ccccc2)CN1Cc1ccccc1. The van der Waals surface area contributed by atoms with Gasteiger partial charge >= 0.3 is 0 Å². The van der Waals surface area contributed by atoms with Gasteiger partial charge in [0.15, 0.2) is 0 Å². The van der Waals surface area contributed by atoms with Gasteiger partial charge in [-0.25, -0.2) is 13.1 Å². The minimum Gasteiger partial charge on any atom is -0.303 e. The molecule has 3 rings (SSSR count). The van der Waals surface area contributed by atoms with Crippen molar-refractivity contribution in [3.05, 3.63) is 66.2 Å². The molecule has 1 aliphatic heterocycles. The highest BCUT2D eigenvalue weighted by Crippen LogP contribution is 2.16. The molecule has 1 fully saturated rings. The van der Waals surface area contributed by atoms with E-state index in [1.54, 1.807) is 24.3 Å². The highest BCUT2D eigenvalue weighted by atomic mass is 32.2. The van der Waals surface area contributed by atoms with Gasteiger partial charge in [-0.1, -0.05) is 48.5 Å². The van der Waals surface area contributed by atoms with Gasteiger partial charge in [-0.3, -0.25) is 4.90 Å². The topological polar surface area (TPSA) is 52.7 Å². The molecule has 1 aliphatic rings. The Morgan fingerprint density at radius 2 is 1.58 bits per heavy atom. The van der Waals surface area contributed by atoms with Crippen molar-refractivity contribution in [3.63, 3.8) is 0 Å². The van der Waals surface area contributed by atoms with E-state index in [0.717, 1.165) is 13.1 Å². The van der Waals surface area contributed by atoms with Gasteiger partial charge in [-0.2, -0.15) is 0 Å². The fraction of sp³-hybridized carbons (Fsp3) is 0.400. The zero-order valence-corrected chi connectivity index (χ0v) is 16.2.